The van der Waals surface area contributed by atoms with E-state index in [1.807, 2.05) is 0 Å². The minimum absolute atomic E-state index is 0.173. The maximum atomic E-state index is 11.2. The molecule has 0 aromatic heterocycles. The highest BCUT2D eigenvalue weighted by Crippen LogP contribution is 2.28. The van der Waals surface area contributed by atoms with E-state index in [-0.39, 0.29) is 11.5 Å². The Labute approximate surface area is 80.7 Å². The molecule has 2 atom stereocenters. The van der Waals surface area contributed by atoms with Gasteiger partial charge in [0.05, 0.1) is 17.5 Å². The molecule has 0 unspecified atom stereocenters. The van der Waals surface area contributed by atoms with Crippen LogP contribution in [-0.2, 0) is 19.4 Å². The zero-order valence-electron chi connectivity index (χ0n) is 7.47. The summed E-state index contributed by atoms with van der Waals surface area (Å²) in [6, 6.07) is -0.620. The van der Waals surface area contributed by atoms with Crippen LogP contribution in [0, 0.1) is 0 Å². The molecular weight excluding hydrogens is 210 g/mol. The van der Waals surface area contributed by atoms with Gasteiger partial charge < -0.3 is 4.74 Å². The number of hydrogen-bond donors (Lipinski definition) is 0. The lowest BCUT2D eigenvalue weighted by molar-refractivity contribution is -0.126. The fourth-order valence-corrected chi connectivity index (χ4v) is 3.64. The Bertz CT molecular complexity index is 400. The van der Waals surface area contributed by atoms with Crippen molar-refractivity contribution in [3.63, 3.8) is 0 Å². The summed E-state index contributed by atoms with van der Waals surface area (Å²) in [5.41, 5.74) is 0. The van der Waals surface area contributed by atoms with Gasteiger partial charge in [0.15, 0.2) is 9.84 Å². The number of hydrogen-bond acceptors (Lipinski definition) is 5. The van der Waals surface area contributed by atoms with Crippen molar-refractivity contribution in [2.75, 3.05) is 11.5 Å². The van der Waals surface area contributed by atoms with Gasteiger partial charge in [-0.2, -0.15) is 0 Å². The Morgan fingerprint density at radius 2 is 2.14 bits per heavy atom. The molecule has 14 heavy (non-hydrogen) atoms. The van der Waals surface area contributed by atoms with Crippen LogP contribution in [0.15, 0.2) is 0 Å². The Balaban J connectivity index is 2.30. The topological polar surface area (TPSA) is 80.8 Å². The molecule has 0 aliphatic carbocycles. The van der Waals surface area contributed by atoms with Gasteiger partial charge in [0.2, 0.25) is 5.91 Å². The van der Waals surface area contributed by atoms with Crippen LogP contribution < -0.4 is 0 Å². The van der Waals surface area contributed by atoms with Gasteiger partial charge >= 0.3 is 6.09 Å². The molecule has 2 aliphatic rings. The fraction of sp³-hybridized carbons (Fsp3) is 0.714. The second kappa shape index (κ2) is 2.69. The summed E-state index contributed by atoms with van der Waals surface area (Å²) in [5, 5.41) is 0. The molecule has 6 nitrogen and oxygen atoms in total. The second-order valence-electron chi connectivity index (χ2n) is 3.46. The molecule has 2 rings (SSSR count). The predicted molar refractivity (Wildman–Crippen MR) is 45.2 cm³/mol. The van der Waals surface area contributed by atoms with E-state index in [9.17, 15) is 18.0 Å². The minimum atomic E-state index is -3.17. The average Bonchev–Trinajstić information content (AvgIpc) is 2.37. The van der Waals surface area contributed by atoms with Crippen LogP contribution in [-0.4, -0.2) is 49.0 Å². The number of amides is 2. The number of nitrogens with zero attached hydrogens (tertiary/aromatic N) is 1. The molecule has 0 spiro atoms. The smallest absolute Gasteiger partial charge is 0.417 e. The molecule has 2 fully saturated rings. The number of carbonyl (C=O) groups is 2. The summed E-state index contributed by atoms with van der Waals surface area (Å²) in [7, 11) is -3.17. The van der Waals surface area contributed by atoms with Gasteiger partial charge in [-0.05, 0) is 0 Å². The normalized spacial score (nSPS) is 34.1. The maximum Gasteiger partial charge on any atom is 0.417 e. The quantitative estimate of drug-likeness (QED) is 0.530. The number of rotatable bonds is 0. The van der Waals surface area contributed by atoms with E-state index < -0.39 is 34.0 Å². The summed E-state index contributed by atoms with van der Waals surface area (Å²) in [4.78, 5) is 23.1. The SMILES string of the molecule is CC(=O)N1C(=O)O[C@@H]2CS(=O)(=O)C[C@H]21. The molecule has 2 amide bonds. The number of fused-ring (bicyclic) bond motifs is 1. The van der Waals surface area contributed by atoms with Gasteiger partial charge in [0.25, 0.3) is 0 Å². The summed E-state index contributed by atoms with van der Waals surface area (Å²) in [6.45, 7) is 1.22. The molecular formula is C7H9NO5S. The third kappa shape index (κ3) is 1.28. The first-order chi connectivity index (χ1) is 6.41. The lowest BCUT2D eigenvalue weighted by atomic mass is 10.2. The van der Waals surface area contributed by atoms with Crippen LogP contribution in [0.25, 0.3) is 0 Å². The molecule has 0 aromatic carbocycles. The van der Waals surface area contributed by atoms with Gasteiger partial charge in [-0.25, -0.2) is 18.1 Å². The molecule has 2 heterocycles. The first-order valence-corrected chi connectivity index (χ1v) is 5.94. The molecule has 78 valence electrons. The molecule has 0 bridgehead atoms. The monoisotopic (exact) mass is 219 g/mol. The lowest BCUT2D eigenvalue weighted by Gasteiger charge is -2.14. The fourth-order valence-electron chi connectivity index (χ4n) is 1.83. The van der Waals surface area contributed by atoms with Gasteiger partial charge in [-0.1, -0.05) is 0 Å². The summed E-state index contributed by atoms with van der Waals surface area (Å²) in [6.07, 6.45) is -1.40. The van der Waals surface area contributed by atoms with E-state index in [2.05, 4.69) is 0 Å². The number of sulfone groups is 1. The minimum Gasteiger partial charge on any atom is -0.442 e. The zero-order valence-corrected chi connectivity index (χ0v) is 8.28. The summed E-state index contributed by atoms with van der Waals surface area (Å²) >= 11 is 0. The van der Waals surface area contributed by atoms with E-state index in [1.54, 1.807) is 0 Å². The van der Waals surface area contributed by atoms with Crippen molar-refractivity contribution < 1.29 is 22.7 Å². The molecule has 0 N–H and O–H groups in total. The van der Waals surface area contributed by atoms with E-state index >= 15 is 0 Å². The van der Waals surface area contributed by atoms with Gasteiger partial charge in [-0.15, -0.1) is 0 Å². The maximum absolute atomic E-state index is 11.2. The Morgan fingerprint density at radius 3 is 2.71 bits per heavy atom. The molecule has 2 aliphatic heterocycles. The van der Waals surface area contributed by atoms with Crippen LogP contribution in [0.1, 0.15) is 6.92 Å². The Kier molecular flexibility index (Phi) is 1.82. The van der Waals surface area contributed by atoms with Crippen LogP contribution in [0.3, 0.4) is 0 Å². The molecule has 7 heteroatoms. The highest BCUT2D eigenvalue weighted by atomic mass is 32.2. The first kappa shape index (κ1) is 9.45. The van der Waals surface area contributed by atoms with Crippen molar-refractivity contribution in [1.29, 1.82) is 0 Å². The third-order valence-corrected chi connectivity index (χ3v) is 4.08. The van der Waals surface area contributed by atoms with Crippen molar-refractivity contribution in [1.82, 2.24) is 4.90 Å². The first-order valence-electron chi connectivity index (χ1n) is 4.11. The van der Waals surface area contributed by atoms with Crippen LogP contribution in [0.4, 0.5) is 4.79 Å². The van der Waals surface area contributed by atoms with Crippen molar-refractivity contribution >= 4 is 21.8 Å². The zero-order chi connectivity index (χ0) is 10.5. The Hall–Kier alpha value is -1.11. The van der Waals surface area contributed by atoms with Crippen LogP contribution in [0.5, 0.6) is 0 Å². The summed E-state index contributed by atoms with van der Waals surface area (Å²) in [5.74, 6) is -0.824. The molecule has 2 saturated heterocycles. The largest absolute Gasteiger partial charge is 0.442 e. The second-order valence-corrected chi connectivity index (χ2v) is 5.61. The van der Waals surface area contributed by atoms with Crippen molar-refractivity contribution in [2.24, 2.45) is 0 Å². The molecule has 0 saturated carbocycles. The Morgan fingerprint density at radius 1 is 1.50 bits per heavy atom. The highest BCUT2D eigenvalue weighted by Gasteiger charge is 2.52. The van der Waals surface area contributed by atoms with Gasteiger partial charge in [0, 0.05) is 6.92 Å². The average molecular weight is 219 g/mol. The van der Waals surface area contributed by atoms with Crippen molar-refractivity contribution in [2.45, 2.75) is 19.1 Å². The summed E-state index contributed by atoms with van der Waals surface area (Å²) < 4.78 is 27.2. The van der Waals surface area contributed by atoms with Gasteiger partial charge in [-0.3, -0.25) is 4.79 Å². The van der Waals surface area contributed by atoms with Gasteiger partial charge in [0.1, 0.15) is 6.10 Å². The number of imide groups is 1. The lowest BCUT2D eigenvalue weighted by Crippen LogP contribution is -2.40. The van der Waals surface area contributed by atoms with E-state index in [0.29, 0.717) is 0 Å². The molecule has 0 aromatic rings. The highest BCUT2D eigenvalue weighted by molar-refractivity contribution is 7.91. The van der Waals surface area contributed by atoms with Crippen molar-refractivity contribution in [3.8, 4) is 0 Å². The van der Waals surface area contributed by atoms with Crippen molar-refractivity contribution in [3.05, 3.63) is 0 Å². The predicted octanol–water partition coefficient (Wildman–Crippen LogP) is -0.849. The van der Waals surface area contributed by atoms with Crippen LogP contribution in [0.2, 0.25) is 0 Å². The van der Waals surface area contributed by atoms with E-state index in [4.69, 9.17) is 4.74 Å². The molecule has 0 radical (unpaired) electrons. The number of carbonyl (C=O) groups excluding carboxylic acids is 2. The standard InChI is InChI=1S/C7H9NO5S/c1-4(9)8-5-2-14(11,12)3-6(5)13-7(8)10/h5-6H,2-3H2,1H3/t5-,6-/m1/s1. The number of ether oxygens (including phenoxy) is 1. The van der Waals surface area contributed by atoms with E-state index in [1.165, 1.54) is 6.92 Å². The van der Waals surface area contributed by atoms with E-state index in [0.717, 1.165) is 4.90 Å². The van der Waals surface area contributed by atoms with Crippen LogP contribution >= 0.6 is 0 Å². The third-order valence-electron chi connectivity index (χ3n) is 2.39.